The van der Waals surface area contributed by atoms with Gasteiger partial charge in [-0.15, -0.1) is 0 Å². The summed E-state index contributed by atoms with van der Waals surface area (Å²) in [4.78, 5) is 0. The van der Waals surface area contributed by atoms with Gasteiger partial charge < -0.3 is 15.6 Å². The summed E-state index contributed by atoms with van der Waals surface area (Å²) in [5, 5.41) is 9.63. The molecular weight excluding hydrogens is 226 g/mol. The maximum Gasteiger partial charge on any atom is 0.122 e. The van der Waals surface area contributed by atoms with E-state index in [1.165, 1.54) is 0 Å². The number of aliphatic hydroxyl groups excluding tert-OH is 1. The summed E-state index contributed by atoms with van der Waals surface area (Å²) in [6.45, 7) is 7.37. The van der Waals surface area contributed by atoms with Crippen LogP contribution < -0.4 is 10.5 Å². The van der Waals surface area contributed by atoms with Crippen LogP contribution in [0.1, 0.15) is 38.7 Å². The zero-order chi connectivity index (χ0) is 13.5. The van der Waals surface area contributed by atoms with Gasteiger partial charge in [0.2, 0.25) is 0 Å². The van der Waals surface area contributed by atoms with E-state index in [2.05, 4.69) is 26.8 Å². The summed E-state index contributed by atoms with van der Waals surface area (Å²) in [5.74, 6) is 1.66. The number of nitrogens with two attached hydrogens (primary N) is 1. The third-order valence-electron chi connectivity index (χ3n) is 2.92. The Labute approximate surface area is 110 Å². The number of para-hydroxylation sites is 1. The van der Waals surface area contributed by atoms with Gasteiger partial charge >= 0.3 is 0 Å². The van der Waals surface area contributed by atoms with E-state index in [-0.39, 0.29) is 5.92 Å². The number of benzene rings is 1. The molecule has 3 nitrogen and oxygen atoms in total. The Morgan fingerprint density at radius 3 is 2.50 bits per heavy atom. The Bertz CT molecular complexity index is 352. The predicted octanol–water partition coefficient (Wildman–Crippen LogP) is 2.53. The molecule has 1 aromatic carbocycles. The van der Waals surface area contributed by atoms with Gasteiger partial charge in [0, 0.05) is 6.54 Å². The molecule has 102 valence electrons. The smallest absolute Gasteiger partial charge is 0.122 e. The second-order valence-electron chi connectivity index (χ2n) is 5.27. The molecule has 2 unspecified atom stereocenters. The van der Waals surface area contributed by atoms with E-state index in [0.717, 1.165) is 11.3 Å². The fourth-order valence-corrected chi connectivity index (χ4v) is 1.91. The molecule has 0 spiro atoms. The minimum Gasteiger partial charge on any atom is -0.493 e. The largest absolute Gasteiger partial charge is 0.493 e. The van der Waals surface area contributed by atoms with Gasteiger partial charge in [0.1, 0.15) is 5.75 Å². The number of hydrogen-bond acceptors (Lipinski definition) is 3. The molecule has 0 aliphatic heterocycles. The summed E-state index contributed by atoms with van der Waals surface area (Å²) < 4.78 is 5.82. The second kappa shape index (κ2) is 7.39. The van der Waals surface area contributed by atoms with E-state index in [1.807, 2.05) is 18.2 Å². The standard InChI is InChI=1S/C15H25NO2/c1-11(2)10-18-15-7-5-4-6-14(15)12(3)8-13(17)9-16/h4-7,11-13,17H,8-10,16H2,1-3H3. The lowest BCUT2D eigenvalue weighted by Crippen LogP contribution is -2.21. The van der Waals surface area contributed by atoms with Gasteiger partial charge in [-0.25, -0.2) is 0 Å². The molecule has 18 heavy (non-hydrogen) atoms. The Kier molecular flexibility index (Phi) is 6.16. The molecule has 3 N–H and O–H groups in total. The molecule has 0 saturated carbocycles. The van der Waals surface area contributed by atoms with Crippen LogP contribution >= 0.6 is 0 Å². The van der Waals surface area contributed by atoms with Crippen molar-refractivity contribution in [2.24, 2.45) is 11.7 Å². The van der Waals surface area contributed by atoms with E-state index in [4.69, 9.17) is 10.5 Å². The lowest BCUT2D eigenvalue weighted by atomic mass is 9.94. The Morgan fingerprint density at radius 2 is 1.89 bits per heavy atom. The zero-order valence-corrected chi connectivity index (χ0v) is 11.6. The molecule has 1 rings (SSSR count). The first-order chi connectivity index (χ1) is 8.54. The molecule has 3 heteroatoms. The minimum absolute atomic E-state index is 0.243. The van der Waals surface area contributed by atoms with Crippen molar-refractivity contribution in [3.8, 4) is 5.75 Å². The van der Waals surface area contributed by atoms with Crippen LogP contribution in [-0.4, -0.2) is 24.4 Å². The monoisotopic (exact) mass is 251 g/mol. The highest BCUT2D eigenvalue weighted by atomic mass is 16.5. The fourth-order valence-electron chi connectivity index (χ4n) is 1.91. The maximum absolute atomic E-state index is 9.63. The normalized spacial score (nSPS) is 14.6. The summed E-state index contributed by atoms with van der Waals surface area (Å²) in [6, 6.07) is 8.03. The Hall–Kier alpha value is -1.06. The summed E-state index contributed by atoms with van der Waals surface area (Å²) >= 11 is 0. The van der Waals surface area contributed by atoms with Crippen LogP contribution in [0.5, 0.6) is 5.75 Å². The fraction of sp³-hybridized carbons (Fsp3) is 0.600. The molecular formula is C15H25NO2. The SMILES string of the molecule is CC(C)COc1ccccc1C(C)CC(O)CN. The summed E-state index contributed by atoms with van der Waals surface area (Å²) in [7, 11) is 0. The highest BCUT2D eigenvalue weighted by molar-refractivity contribution is 5.36. The summed E-state index contributed by atoms with van der Waals surface area (Å²) in [5.41, 5.74) is 6.60. The first-order valence-corrected chi connectivity index (χ1v) is 6.64. The van der Waals surface area contributed by atoms with Crippen molar-refractivity contribution in [2.45, 2.75) is 39.2 Å². The third kappa shape index (κ3) is 4.67. The number of rotatable bonds is 7. The minimum atomic E-state index is -0.446. The van der Waals surface area contributed by atoms with Crippen LogP contribution in [0.4, 0.5) is 0 Å². The van der Waals surface area contributed by atoms with Gasteiger partial charge in [-0.3, -0.25) is 0 Å². The quantitative estimate of drug-likeness (QED) is 0.783. The third-order valence-corrected chi connectivity index (χ3v) is 2.92. The molecule has 0 aliphatic rings. The zero-order valence-electron chi connectivity index (χ0n) is 11.6. The maximum atomic E-state index is 9.63. The van der Waals surface area contributed by atoms with Gasteiger partial charge in [0.25, 0.3) is 0 Å². The van der Waals surface area contributed by atoms with Crippen molar-refractivity contribution in [1.29, 1.82) is 0 Å². The number of hydrogen-bond donors (Lipinski definition) is 2. The van der Waals surface area contributed by atoms with Crippen molar-refractivity contribution in [1.82, 2.24) is 0 Å². The van der Waals surface area contributed by atoms with Crippen LogP contribution in [-0.2, 0) is 0 Å². The van der Waals surface area contributed by atoms with Crippen molar-refractivity contribution in [3.63, 3.8) is 0 Å². The molecule has 0 aromatic heterocycles. The number of aliphatic hydroxyl groups is 1. The molecule has 1 aromatic rings. The van der Waals surface area contributed by atoms with Crippen LogP contribution in [0.15, 0.2) is 24.3 Å². The van der Waals surface area contributed by atoms with Crippen LogP contribution in [0.25, 0.3) is 0 Å². The lowest BCUT2D eigenvalue weighted by Gasteiger charge is -2.19. The summed E-state index contributed by atoms with van der Waals surface area (Å²) in [6.07, 6.45) is 0.219. The molecule has 2 atom stereocenters. The topological polar surface area (TPSA) is 55.5 Å². The number of ether oxygens (including phenoxy) is 1. The van der Waals surface area contributed by atoms with E-state index in [0.29, 0.717) is 25.5 Å². The molecule has 0 radical (unpaired) electrons. The van der Waals surface area contributed by atoms with Gasteiger partial charge in [-0.1, -0.05) is 39.0 Å². The molecule has 0 saturated heterocycles. The van der Waals surface area contributed by atoms with Crippen LogP contribution in [0.2, 0.25) is 0 Å². The van der Waals surface area contributed by atoms with E-state index in [1.54, 1.807) is 0 Å². The second-order valence-corrected chi connectivity index (χ2v) is 5.27. The van der Waals surface area contributed by atoms with Crippen molar-refractivity contribution < 1.29 is 9.84 Å². The van der Waals surface area contributed by atoms with Gasteiger partial charge in [0.05, 0.1) is 12.7 Å². The average Bonchev–Trinajstić information content (AvgIpc) is 2.36. The Morgan fingerprint density at radius 1 is 1.22 bits per heavy atom. The first kappa shape index (κ1) is 15.0. The highest BCUT2D eigenvalue weighted by Crippen LogP contribution is 2.29. The van der Waals surface area contributed by atoms with Crippen LogP contribution in [0.3, 0.4) is 0 Å². The molecule has 0 aliphatic carbocycles. The van der Waals surface area contributed by atoms with Crippen molar-refractivity contribution in [3.05, 3.63) is 29.8 Å². The van der Waals surface area contributed by atoms with Crippen LogP contribution in [0, 0.1) is 5.92 Å². The van der Waals surface area contributed by atoms with E-state index in [9.17, 15) is 5.11 Å². The van der Waals surface area contributed by atoms with E-state index < -0.39 is 6.10 Å². The van der Waals surface area contributed by atoms with Crippen molar-refractivity contribution in [2.75, 3.05) is 13.2 Å². The van der Waals surface area contributed by atoms with E-state index >= 15 is 0 Å². The predicted molar refractivity (Wildman–Crippen MR) is 74.9 cm³/mol. The Balaban J connectivity index is 2.74. The van der Waals surface area contributed by atoms with Gasteiger partial charge in [-0.05, 0) is 29.9 Å². The lowest BCUT2D eigenvalue weighted by molar-refractivity contribution is 0.164. The molecule has 0 fully saturated rings. The van der Waals surface area contributed by atoms with Gasteiger partial charge in [0.15, 0.2) is 0 Å². The molecule has 0 heterocycles. The van der Waals surface area contributed by atoms with Gasteiger partial charge in [-0.2, -0.15) is 0 Å². The molecule has 0 bridgehead atoms. The average molecular weight is 251 g/mol. The molecule has 0 amide bonds. The first-order valence-electron chi connectivity index (χ1n) is 6.64. The highest BCUT2D eigenvalue weighted by Gasteiger charge is 2.15. The van der Waals surface area contributed by atoms with Crippen molar-refractivity contribution >= 4 is 0 Å².